The minimum atomic E-state index is -1.16. The zero-order valence-electron chi connectivity index (χ0n) is 15.2. The minimum absolute atomic E-state index is 0.235. The van der Waals surface area contributed by atoms with Crippen LogP contribution in [0.2, 0.25) is 0 Å². The molecule has 0 aromatic heterocycles. The average molecular weight is 383 g/mol. The van der Waals surface area contributed by atoms with Gasteiger partial charge in [-0.2, -0.15) is 0 Å². The van der Waals surface area contributed by atoms with E-state index >= 15 is 0 Å². The molecule has 2 aromatic carbocycles. The normalized spacial score (nSPS) is 11.0. The lowest BCUT2D eigenvalue weighted by atomic mass is 10.1. The van der Waals surface area contributed by atoms with Crippen molar-refractivity contribution in [3.8, 4) is 0 Å². The molecular formula is C19H21N5O4. The number of nitrogens with one attached hydrogen (secondary N) is 4. The van der Waals surface area contributed by atoms with Gasteiger partial charge in [-0.1, -0.05) is 18.2 Å². The first-order valence-electron chi connectivity index (χ1n) is 8.43. The smallest absolute Gasteiger partial charge is 0.261 e. The van der Waals surface area contributed by atoms with E-state index in [0.717, 1.165) is 0 Å². The number of carbonyl (C=O) groups is 4. The molecule has 9 heteroatoms. The molecule has 0 aliphatic carbocycles. The summed E-state index contributed by atoms with van der Waals surface area (Å²) in [6.07, 6.45) is -0.363. The van der Waals surface area contributed by atoms with Gasteiger partial charge in [0.2, 0.25) is 11.8 Å². The van der Waals surface area contributed by atoms with Crippen LogP contribution in [0.1, 0.15) is 23.7 Å². The van der Waals surface area contributed by atoms with Crippen LogP contribution in [-0.4, -0.2) is 29.7 Å². The molecule has 0 bridgehead atoms. The first-order valence-corrected chi connectivity index (χ1v) is 8.43. The Morgan fingerprint density at radius 1 is 0.929 bits per heavy atom. The van der Waals surface area contributed by atoms with Crippen LogP contribution in [-0.2, 0) is 14.4 Å². The fourth-order valence-corrected chi connectivity index (χ4v) is 2.30. The van der Waals surface area contributed by atoms with Crippen molar-refractivity contribution in [2.75, 3.05) is 10.7 Å². The quantitative estimate of drug-likeness (QED) is 0.428. The molecule has 2 aromatic rings. The molecule has 0 aliphatic rings. The van der Waals surface area contributed by atoms with E-state index < -0.39 is 23.8 Å². The van der Waals surface area contributed by atoms with Crippen LogP contribution in [0.5, 0.6) is 0 Å². The van der Waals surface area contributed by atoms with Crippen molar-refractivity contribution in [1.82, 2.24) is 10.7 Å². The van der Waals surface area contributed by atoms with Gasteiger partial charge >= 0.3 is 0 Å². The van der Waals surface area contributed by atoms with E-state index in [1.165, 1.54) is 19.1 Å². The van der Waals surface area contributed by atoms with Gasteiger partial charge < -0.3 is 16.4 Å². The number of carbonyl (C=O) groups excluding carboxylic acids is 4. The van der Waals surface area contributed by atoms with E-state index in [-0.39, 0.29) is 17.9 Å². The molecule has 1 unspecified atom stereocenters. The largest absolute Gasteiger partial charge is 0.370 e. The summed E-state index contributed by atoms with van der Waals surface area (Å²) >= 11 is 0. The molecule has 0 aliphatic heterocycles. The molecule has 4 amide bonds. The SMILES string of the molecule is CC(=O)Nc1ccc(C(=O)NC(CC(N)=O)C(=O)NNc2ccccc2)cc1. The summed E-state index contributed by atoms with van der Waals surface area (Å²) in [6, 6.07) is 13.8. The second kappa shape index (κ2) is 9.72. The highest BCUT2D eigenvalue weighted by Crippen LogP contribution is 2.10. The number of hydrazine groups is 1. The standard InChI is InChI=1S/C19H21N5O4/c1-12(25)21-14-9-7-13(8-10-14)18(27)22-16(11-17(20)26)19(28)24-23-15-5-3-2-4-6-15/h2-10,16,23H,11H2,1H3,(H2,20,26)(H,21,25)(H,22,27)(H,24,28). The van der Waals surface area contributed by atoms with Gasteiger partial charge in [-0.15, -0.1) is 0 Å². The van der Waals surface area contributed by atoms with Crippen LogP contribution in [0, 0.1) is 0 Å². The fourth-order valence-electron chi connectivity index (χ4n) is 2.30. The topological polar surface area (TPSA) is 142 Å². The number of hydrogen-bond acceptors (Lipinski definition) is 5. The zero-order valence-corrected chi connectivity index (χ0v) is 15.2. The summed E-state index contributed by atoms with van der Waals surface area (Å²) in [6.45, 7) is 1.37. The zero-order chi connectivity index (χ0) is 20.5. The monoisotopic (exact) mass is 383 g/mol. The molecule has 146 valence electrons. The lowest BCUT2D eigenvalue weighted by Crippen LogP contribution is -2.50. The second-order valence-electron chi connectivity index (χ2n) is 5.94. The van der Waals surface area contributed by atoms with Crippen molar-refractivity contribution in [2.45, 2.75) is 19.4 Å². The number of benzene rings is 2. The van der Waals surface area contributed by atoms with E-state index in [4.69, 9.17) is 5.73 Å². The van der Waals surface area contributed by atoms with Gasteiger partial charge in [-0.3, -0.25) is 30.0 Å². The maximum atomic E-state index is 12.4. The Bertz CT molecular complexity index is 852. The maximum absolute atomic E-state index is 12.4. The highest BCUT2D eigenvalue weighted by atomic mass is 16.2. The van der Waals surface area contributed by atoms with Gasteiger partial charge in [0.05, 0.1) is 12.1 Å². The Kier molecular flexibility index (Phi) is 7.09. The van der Waals surface area contributed by atoms with Crippen molar-refractivity contribution in [2.24, 2.45) is 5.73 Å². The summed E-state index contributed by atoms with van der Waals surface area (Å²) in [5.74, 6) is -2.15. The maximum Gasteiger partial charge on any atom is 0.261 e. The van der Waals surface area contributed by atoms with Gasteiger partial charge in [-0.05, 0) is 36.4 Å². The summed E-state index contributed by atoms with van der Waals surface area (Å²) in [5, 5.41) is 5.07. The molecule has 0 fully saturated rings. The summed E-state index contributed by atoms with van der Waals surface area (Å²) < 4.78 is 0. The van der Waals surface area contributed by atoms with Gasteiger partial charge in [0.1, 0.15) is 6.04 Å². The number of nitrogens with two attached hydrogens (primary N) is 1. The van der Waals surface area contributed by atoms with Crippen molar-refractivity contribution in [3.63, 3.8) is 0 Å². The molecule has 0 heterocycles. The third-order valence-electron chi connectivity index (χ3n) is 3.60. The summed E-state index contributed by atoms with van der Waals surface area (Å²) in [5.41, 5.74) is 11.7. The molecule has 6 N–H and O–H groups in total. The highest BCUT2D eigenvalue weighted by molar-refractivity contribution is 5.99. The first kappa shape index (κ1) is 20.4. The number of anilines is 2. The predicted molar refractivity (Wildman–Crippen MR) is 104 cm³/mol. The van der Waals surface area contributed by atoms with E-state index in [1.807, 2.05) is 6.07 Å². The Labute approximate surface area is 161 Å². The molecular weight excluding hydrogens is 362 g/mol. The van der Waals surface area contributed by atoms with Crippen LogP contribution in [0.3, 0.4) is 0 Å². The third kappa shape index (κ3) is 6.45. The number of para-hydroxylation sites is 1. The molecule has 0 saturated heterocycles. The number of rotatable bonds is 8. The molecule has 1 atom stereocenters. The Morgan fingerprint density at radius 2 is 1.57 bits per heavy atom. The highest BCUT2D eigenvalue weighted by Gasteiger charge is 2.23. The molecule has 0 saturated carbocycles. The van der Waals surface area contributed by atoms with Crippen LogP contribution in [0.15, 0.2) is 54.6 Å². The van der Waals surface area contributed by atoms with Crippen LogP contribution in [0.25, 0.3) is 0 Å². The summed E-state index contributed by atoms with van der Waals surface area (Å²) in [7, 11) is 0. The predicted octanol–water partition coefficient (Wildman–Crippen LogP) is 0.762. The van der Waals surface area contributed by atoms with E-state index in [2.05, 4.69) is 21.5 Å². The Morgan fingerprint density at radius 3 is 2.14 bits per heavy atom. The van der Waals surface area contributed by atoms with E-state index in [9.17, 15) is 19.2 Å². The molecule has 0 spiro atoms. The van der Waals surface area contributed by atoms with Crippen molar-refractivity contribution < 1.29 is 19.2 Å². The van der Waals surface area contributed by atoms with Crippen LogP contribution in [0.4, 0.5) is 11.4 Å². The van der Waals surface area contributed by atoms with Crippen molar-refractivity contribution in [1.29, 1.82) is 0 Å². The second-order valence-corrected chi connectivity index (χ2v) is 5.94. The van der Waals surface area contributed by atoms with E-state index in [0.29, 0.717) is 11.4 Å². The molecule has 9 nitrogen and oxygen atoms in total. The number of hydrogen-bond donors (Lipinski definition) is 5. The van der Waals surface area contributed by atoms with Crippen molar-refractivity contribution >= 4 is 35.0 Å². The lowest BCUT2D eigenvalue weighted by Gasteiger charge is -2.18. The van der Waals surface area contributed by atoms with Crippen LogP contribution >= 0.6 is 0 Å². The number of amides is 4. The van der Waals surface area contributed by atoms with Gasteiger partial charge in [0.15, 0.2) is 0 Å². The Hall–Kier alpha value is -3.88. The minimum Gasteiger partial charge on any atom is -0.370 e. The van der Waals surface area contributed by atoms with Gasteiger partial charge in [0.25, 0.3) is 11.8 Å². The average Bonchev–Trinajstić information content (AvgIpc) is 2.66. The molecule has 0 radical (unpaired) electrons. The summed E-state index contributed by atoms with van der Waals surface area (Å²) in [4.78, 5) is 47.1. The first-order chi connectivity index (χ1) is 13.3. The third-order valence-corrected chi connectivity index (χ3v) is 3.60. The fraction of sp³-hybridized carbons (Fsp3) is 0.158. The number of primary amides is 1. The molecule has 28 heavy (non-hydrogen) atoms. The van der Waals surface area contributed by atoms with Gasteiger partial charge in [0, 0.05) is 18.2 Å². The van der Waals surface area contributed by atoms with Gasteiger partial charge in [-0.25, -0.2) is 0 Å². The Balaban J connectivity index is 2.01. The van der Waals surface area contributed by atoms with Crippen molar-refractivity contribution in [3.05, 3.63) is 60.2 Å². The molecule has 2 rings (SSSR count). The lowest BCUT2D eigenvalue weighted by molar-refractivity contribution is -0.126. The van der Waals surface area contributed by atoms with E-state index in [1.54, 1.807) is 36.4 Å². The van der Waals surface area contributed by atoms with Crippen LogP contribution < -0.4 is 27.2 Å².